The van der Waals surface area contributed by atoms with Crippen LogP contribution in [-0.4, -0.2) is 32.4 Å². The summed E-state index contributed by atoms with van der Waals surface area (Å²) in [6.07, 6.45) is 1.10. The van der Waals surface area contributed by atoms with Crippen molar-refractivity contribution in [2.75, 3.05) is 0 Å². The van der Waals surface area contributed by atoms with Crippen LogP contribution in [0.25, 0.3) is 10.9 Å². The quantitative estimate of drug-likeness (QED) is 0.826. The summed E-state index contributed by atoms with van der Waals surface area (Å²) in [5.41, 5.74) is 0.641. The zero-order valence-corrected chi connectivity index (χ0v) is 11.7. The Morgan fingerprint density at radius 2 is 2.05 bits per heavy atom. The molecular weight excluding hydrogens is 302 g/mol. The molecule has 1 aromatic carbocycles. The van der Waals surface area contributed by atoms with E-state index in [1.54, 1.807) is 30.5 Å². The number of pyridine rings is 1. The number of fused-ring (bicyclic) bond motifs is 1. The first-order valence-electron chi connectivity index (χ1n) is 5.63. The van der Waals surface area contributed by atoms with Crippen molar-refractivity contribution in [1.82, 2.24) is 4.98 Å². The molecule has 0 saturated heterocycles. The number of carboxylic acid groups (broad SMARTS) is 2. The van der Waals surface area contributed by atoms with E-state index >= 15 is 0 Å². The minimum atomic E-state index is -1.16. The van der Waals surface area contributed by atoms with Gasteiger partial charge in [-0.1, -0.05) is 17.7 Å². The van der Waals surface area contributed by atoms with Crippen molar-refractivity contribution in [3.8, 4) is 0 Å². The second kappa shape index (κ2) is 6.11. The largest absolute Gasteiger partial charge is 0.481 e. The highest BCUT2D eigenvalue weighted by Crippen LogP contribution is 2.32. The van der Waals surface area contributed by atoms with Gasteiger partial charge in [0.15, 0.2) is 0 Å². The molecule has 0 aliphatic carbocycles. The summed E-state index contributed by atoms with van der Waals surface area (Å²) in [6, 6.07) is 6.77. The highest BCUT2D eigenvalue weighted by molar-refractivity contribution is 8.00. The average Bonchev–Trinajstić information content (AvgIpc) is 2.37. The van der Waals surface area contributed by atoms with Gasteiger partial charge in [0.05, 0.1) is 11.9 Å². The number of benzene rings is 1. The van der Waals surface area contributed by atoms with Gasteiger partial charge in [-0.2, -0.15) is 0 Å². The molecule has 5 nitrogen and oxygen atoms in total. The lowest BCUT2D eigenvalue weighted by Gasteiger charge is -2.11. The lowest BCUT2D eigenvalue weighted by molar-refractivity contribution is -0.142. The predicted octanol–water partition coefficient (Wildman–Crippen LogP) is 2.91. The van der Waals surface area contributed by atoms with Crippen LogP contribution in [0, 0.1) is 0 Å². The fraction of sp³-hybridized carbons (Fsp3) is 0.154. The predicted molar refractivity (Wildman–Crippen MR) is 76.3 cm³/mol. The van der Waals surface area contributed by atoms with Gasteiger partial charge in [-0.15, -0.1) is 11.8 Å². The SMILES string of the molecule is O=C(O)CC(Sc1ccnc2cc(Cl)ccc12)C(=O)O. The van der Waals surface area contributed by atoms with Gasteiger partial charge in [-0.25, -0.2) is 0 Å². The van der Waals surface area contributed by atoms with E-state index in [0.29, 0.717) is 15.4 Å². The van der Waals surface area contributed by atoms with E-state index in [2.05, 4.69) is 4.98 Å². The first-order valence-corrected chi connectivity index (χ1v) is 6.88. The Balaban J connectivity index is 2.37. The van der Waals surface area contributed by atoms with Crippen LogP contribution in [0.3, 0.4) is 0 Å². The Labute approximate surface area is 123 Å². The minimum absolute atomic E-state index is 0.447. The van der Waals surface area contributed by atoms with Crippen molar-refractivity contribution in [3.05, 3.63) is 35.5 Å². The Bertz CT molecular complexity index is 676. The lowest BCUT2D eigenvalue weighted by atomic mass is 10.2. The number of hydrogen-bond acceptors (Lipinski definition) is 4. The third-order valence-corrected chi connectivity index (χ3v) is 4.07. The van der Waals surface area contributed by atoms with Gasteiger partial charge in [0.25, 0.3) is 0 Å². The van der Waals surface area contributed by atoms with Crippen molar-refractivity contribution in [2.45, 2.75) is 16.6 Å². The molecule has 0 amide bonds. The summed E-state index contributed by atoms with van der Waals surface area (Å²) in [5, 5.41) is 18.1. The summed E-state index contributed by atoms with van der Waals surface area (Å²) in [4.78, 5) is 26.6. The van der Waals surface area contributed by atoms with Gasteiger partial charge in [0, 0.05) is 21.5 Å². The monoisotopic (exact) mass is 311 g/mol. The first kappa shape index (κ1) is 14.6. The number of aromatic nitrogens is 1. The number of carbonyl (C=O) groups is 2. The van der Waals surface area contributed by atoms with E-state index in [0.717, 1.165) is 17.1 Å². The van der Waals surface area contributed by atoms with Crippen LogP contribution in [0.1, 0.15) is 6.42 Å². The van der Waals surface area contributed by atoms with Gasteiger partial charge in [-0.3, -0.25) is 14.6 Å². The van der Waals surface area contributed by atoms with E-state index in [-0.39, 0.29) is 0 Å². The lowest BCUT2D eigenvalue weighted by Crippen LogP contribution is -2.20. The number of carboxylic acids is 2. The molecule has 0 aliphatic heterocycles. The Hall–Kier alpha value is -1.79. The Morgan fingerprint density at radius 3 is 2.70 bits per heavy atom. The molecule has 20 heavy (non-hydrogen) atoms. The Morgan fingerprint density at radius 1 is 1.30 bits per heavy atom. The second-order valence-electron chi connectivity index (χ2n) is 4.01. The molecule has 2 rings (SSSR count). The summed E-state index contributed by atoms with van der Waals surface area (Å²) in [6.45, 7) is 0. The fourth-order valence-electron chi connectivity index (χ4n) is 1.69. The van der Waals surface area contributed by atoms with Gasteiger partial charge in [0.1, 0.15) is 5.25 Å². The minimum Gasteiger partial charge on any atom is -0.481 e. The molecular formula is C13H10ClNO4S. The van der Waals surface area contributed by atoms with Crippen LogP contribution in [0.15, 0.2) is 35.4 Å². The van der Waals surface area contributed by atoms with Crippen LogP contribution >= 0.6 is 23.4 Å². The summed E-state index contributed by atoms with van der Waals surface area (Å²) in [5.74, 6) is -2.30. The molecule has 7 heteroatoms. The Kier molecular flexibility index (Phi) is 4.46. The van der Waals surface area contributed by atoms with E-state index in [1.807, 2.05) is 0 Å². The topological polar surface area (TPSA) is 87.5 Å². The molecule has 0 fully saturated rings. The van der Waals surface area contributed by atoms with Gasteiger partial charge >= 0.3 is 11.9 Å². The van der Waals surface area contributed by atoms with Crippen LogP contribution in [-0.2, 0) is 9.59 Å². The van der Waals surface area contributed by atoms with Crippen LogP contribution in [0.4, 0.5) is 0 Å². The number of hydrogen-bond donors (Lipinski definition) is 2. The molecule has 104 valence electrons. The molecule has 0 bridgehead atoms. The first-order chi connectivity index (χ1) is 9.47. The molecule has 0 radical (unpaired) electrons. The van der Waals surface area contributed by atoms with Gasteiger partial charge in [0.2, 0.25) is 0 Å². The van der Waals surface area contributed by atoms with Crippen molar-refractivity contribution in [2.24, 2.45) is 0 Å². The molecule has 1 aromatic heterocycles. The number of halogens is 1. The van der Waals surface area contributed by atoms with Crippen molar-refractivity contribution < 1.29 is 19.8 Å². The molecule has 1 unspecified atom stereocenters. The van der Waals surface area contributed by atoms with Gasteiger partial charge < -0.3 is 10.2 Å². The standard InChI is InChI=1S/C13H10ClNO4S/c14-7-1-2-8-9(5-7)15-4-3-10(8)20-11(13(18)19)6-12(16)17/h1-5,11H,6H2,(H,16,17)(H,18,19). The third kappa shape index (κ3) is 3.40. The maximum Gasteiger partial charge on any atom is 0.317 e. The van der Waals surface area contributed by atoms with Crippen molar-refractivity contribution in [3.63, 3.8) is 0 Å². The van der Waals surface area contributed by atoms with E-state index in [1.165, 1.54) is 0 Å². The summed E-state index contributed by atoms with van der Waals surface area (Å²) in [7, 11) is 0. The summed E-state index contributed by atoms with van der Waals surface area (Å²) < 4.78 is 0. The normalized spacial score (nSPS) is 12.2. The van der Waals surface area contributed by atoms with E-state index < -0.39 is 23.6 Å². The number of aliphatic carboxylic acids is 2. The zero-order chi connectivity index (χ0) is 14.7. The zero-order valence-electron chi connectivity index (χ0n) is 10.1. The number of thioether (sulfide) groups is 1. The smallest absolute Gasteiger partial charge is 0.317 e. The maximum absolute atomic E-state index is 11.1. The van der Waals surface area contributed by atoms with Crippen LogP contribution < -0.4 is 0 Å². The maximum atomic E-state index is 11.1. The molecule has 2 N–H and O–H groups in total. The molecule has 0 saturated carbocycles. The molecule has 2 aromatic rings. The van der Waals surface area contributed by atoms with E-state index in [9.17, 15) is 9.59 Å². The fourth-order valence-corrected chi connectivity index (χ4v) is 2.93. The average molecular weight is 312 g/mol. The van der Waals surface area contributed by atoms with Crippen LogP contribution in [0.2, 0.25) is 5.02 Å². The molecule has 0 spiro atoms. The highest BCUT2D eigenvalue weighted by Gasteiger charge is 2.23. The molecule has 0 aliphatic rings. The van der Waals surface area contributed by atoms with Gasteiger partial charge in [-0.05, 0) is 18.2 Å². The summed E-state index contributed by atoms with van der Waals surface area (Å²) >= 11 is 6.87. The van der Waals surface area contributed by atoms with Crippen molar-refractivity contribution >= 4 is 46.2 Å². The number of rotatable bonds is 5. The number of nitrogens with zero attached hydrogens (tertiary/aromatic N) is 1. The van der Waals surface area contributed by atoms with Crippen molar-refractivity contribution in [1.29, 1.82) is 0 Å². The molecule has 1 heterocycles. The highest BCUT2D eigenvalue weighted by atomic mass is 35.5. The third-order valence-electron chi connectivity index (χ3n) is 2.57. The molecule has 1 atom stereocenters. The van der Waals surface area contributed by atoms with Crippen LogP contribution in [0.5, 0.6) is 0 Å². The van der Waals surface area contributed by atoms with E-state index in [4.69, 9.17) is 21.8 Å². The second-order valence-corrected chi connectivity index (χ2v) is 5.69.